The number of carbonyl (C=O) groups is 1. The molecule has 2 aliphatic heterocycles. The standard InChI is InChI=1S/C23H29N3O2/c27-23(24-11-13-25-14-16-28-17-15-25)21-9-7-19(8-10-21)18-26-12-3-5-20-4-1-2-6-22(20)26/h1-2,4,6-10H,3,5,11-18H2,(H,24,27). The molecule has 5 heteroatoms. The zero-order chi connectivity index (χ0) is 19.2. The van der Waals surface area contributed by atoms with Crippen molar-refractivity contribution in [3.63, 3.8) is 0 Å². The Kier molecular flexibility index (Phi) is 6.24. The van der Waals surface area contributed by atoms with Crippen molar-refractivity contribution in [3.05, 3.63) is 65.2 Å². The summed E-state index contributed by atoms with van der Waals surface area (Å²) in [6.07, 6.45) is 2.36. The number of para-hydroxylation sites is 1. The molecule has 0 bridgehead atoms. The van der Waals surface area contributed by atoms with Crippen molar-refractivity contribution in [1.29, 1.82) is 0 Å². The first-order valence-corrected chi connectivity index (χ1v) is 10.3. The minimum absolute atomic E-state index is 0.00290. The van der Waals surface area contributed by atoms with E-state index >= 15 is 0 Å². The molecule has 1 saturated heterocycles. The Labute approximate surface area is 167 Å². The largest absolute Gasteiger partial charge is 0.379 e. The number of nitrogens with one attached hydrogen (secondary N) is 1. The lowest BCUT2D eigenvalue weighted by Gasteiger charge is -2.31. The molecule has 0 unspecified atom stereocenters. The Hall–Kier alpha value is -2.37. The molecule has 28 heavy (non-hydrogen) atoms. The topological polar surface area (TPSA) is 44.8 Å². The molecule has 2 aromatic rings. The quantitative estimate of drug-likeness (QED) is 0.838. The maximum atomic E-state index is 12.4. The maximum absolute atomic E-state index is 12.4. The first kappa shape index (κ1) is 19.0. The van der Waals surface area contributed by atoms with E-state index in [1.165, 1.54) is 23.2 Å². The maximum Gasteiger partial charge on any atom is 0.251 e. The Morgan fingerprint density at radius 2 is 1.79 bits per heavy atom. The number of amides is 1. The number of anilines is 1. The molecule has 0 aromatic heterocycles. The Bertz CT molecular complexity index is 785. The van der Waals surface area contributed by atoms with E-state index in [1.807, 2.05) is 12.1 Å². The van der Waals surface area contributed by atoms with E-state index in [4.69, 9.17) is 4.74 Å². The number of aryl methyl sites for hydroxylation is 1. The molecule has 2 heterocycles. The van der Waals surface area contributed by atoms with E-state index in [1.54, 1.807) is 0 Å². The lowest BCUT2D eigenvalue weighted by molar-refractivity contribution is 0.0383. The number of benzene rings is 2. The van der Waals surface area contributed by atoms with Crippen LogP contribution in [0.15, 0.2) is 48.5 Å². The molecular formula is C23H29N3O2. The van der Waals surface area contributed by atoms with Crippen LogP contribution in [0.4, 0.5) is 5.69 Å². The van der Waals surface area contributed by atoms with Gasteiger partial charge in [0.15, 0.2) is 0 Å². The van der Waals surface area contributed by atoms with Crippen LogP contribution in [0.1, 0.15) is 27.9 Å². The van der Waals surface area contributed by atoms with Crippen molar-refractivity contribution in [1.82, 2.24) is 10.2 Å². The van der Waals surface area contributed by atoms with Gasteiger partial charge in [0.25, 0.3) is 5.91 Å². The van der Waals surface area contributed by atoms with Gasteiger partial charge in [0, 0.05) is 50.5 Å². The zero-order valence-corrected chi connectivity index (χ0v) is 16.4. The smallest absolute Gasteiger partial charge is 0.251 e. The van der Waals surface area contributed by atoms with E-state index in [2.05, 4.69) is 51.5 Å². The van der Waals surface area contributed by atoms with Crippen molar-refractivity contribution in [3.8, 4) is 0 Å². The molecule has 0 atom stereocenters. The van der Waals surface area contributed by atoms with Crippen molar-refractivity contribution >= 4 is 11.6 Å². The Morgan fingerprint density at radius 3 is 2.61 bits per heavy atom. The molecule has 2 aromatic carbocycles. The van der Waals surface area contributed by atoms with Crippen molar-refractivity contribution < 1.29 is 9.53 Å². The molecule has 5 nitrogen and oxygen atoms in total. The highest BCUT2D eigenvalue weighted by atomic mass is 16.5. The van der Waals surface area contributed by atoms with Crippen LogP contribution in [0, 0.1) is 0 Å². The molecule has 1 fully saturated rings. The van der Waals surface area contributed by atoms with Crippen LogP contribution in [0.2, 0.25) is 0 Å². The molecule has 148 valence electrons. The fourth-order valence-electron chi connectivity index (χ4n) is 4.01. The summed E-state index contributed by atoms with van der Waals surface area (Å²) in [7, 11) is 0. The molecular weight excluding hydrogens is 350 g/mol. The van der Waals surface area contributed by atoms with Gasteiger partial charge in [0.2, 0.25) is 0 Å². The van der Waals surface area contributed by atoms with E-state index < -0.39 is 0 Å². The number of hydrogen-bond acceptors (Lipinski definition) is 4. The van der Waals surface area contributed by atoms with Crippen LogP contribution in [-0.2, 0) is 17.7 Å². The summed E-state index contributed by atoms with van der Waals surface area (Å²) < 4.78 is 5.35. The predicted octanol–water partition coefficient (Wildman–Crippen LogP) is 2.70. The summed E-state index contributed by atoms with van der Waals surface area (Å²) in [6.45, 7) is 6.99. The van der Waals surface area contributed by atoms with Crippen molar-refractivity contribution in [2.75, 3.05) is 50.8 Å². The molecule has 0 saturated carbocycles. The first-order chi connectivity index (χ1) is 13.8. The van der Waals surface area contributed by atoms with Gasteiger partial charge in [-0.2, -0.15) is 0 Å². The average molecular weight is 380 g/mol. The second-order valence-corrected chi connectivity index (χ2v) is 7.56. The van der Waals surface area contributed by atoms with Crippen molar-refractivity contribution in [2.24, 2.45) is 0 Å². The van der Waals surface area contributed by atoms with Gasteiger partial charge in [-0.3, -0.25) is 9.69 Å². The van der Waals surface area contributed by atoms with Crippen molar-refractivity contribution in [2.45, 2.75) is 19.4 Å². The normalized spacial score (nSPS) is 17.2. The predicted molar refractivity (Wildman–Crippen MR) is 112 cm³/mol. The third-order valence-electron chi connectivity index (χ3n) is 5.61. The Morgan fingerprint density at radius 1 is 1.00 bits per heavy atom. The number of nitrogens with zero attached hydrogens (tertiary/aromatic N) is 2. The van der Waals surface area contributed by atoms with Crippen LogP contribution in [0.5, 0.6) is 0 Å². The van der Waals surface area contributed by atoms with Crippen LogP contribution in [0.3, 0.4) is 0 Å². The number of carbonyl (C=O) groups excluding carboxylic acids is 1. The number of rotatable bonds is 6. The molecule has 2 aliphatic rings. The monoisotopic (exact) mass is 379 g/mol. The van der Waals surface area contributed by atoms with Gasteiger partial charge < -0.3 is 15.0 Å². The molecule has 4 rings (SSSR count). The highest BCUT2D eigenvalue weighted by Crippen LogP contribution is 2.28. The van der Waals surface area contributed by atoms with Gasteiger partial charge in [-0.15, -0.1) is 0 Å². The summed E-state index contributed by atoms with van der Waals surface area (Å²) in [5.74, 6) is 0.00290. The van der Waals surface area contributed by atoms with Gasteiger partial charge in [0.1, 0.15) is 0 Å². The van der Waals surface area contributed by atoms with E-state index in [-0.39, 0.29) is 5.91 Å². The van der Waals surface area contributed by atoms with Gasteiger partial charge in [-0.25, -0.2) is 0 Å². The summed E-state index contributed by atoms with van der Waals surface area (Å²) in [6, 6.07) is 16.7. The minimum atomic E-state index is 0.00290. The lowest BCUT2D eigenvalue weighted by Crippen LogP contribution is -2.41. The number of hydrogen-bond donors (Lipinski definition) is 1. The fourth-order valence-corrected chi connectivity index (χ4v) is 4.01. The summed E-state index contributed by atoms with van der Waals surface area (Å²) in [5.41, 5.74) is 4.75. The van der Waals surface area contributed by atoms with E-state index in [0.717, 1.165) is 57.9 Å². The fraction of sp³-hybridized carbons (Fsp3) is 0.435. The molecule has 1 N–H and O–H groups in total. The molecule has 0 aliphatic carbocycles. The Balaban J connectivity index is 1.29. The highest BCUT2D eigenvalue weighted by Gasteiger charge is 2.16. The SMILES string of the molecule is O=C(NCCN1CCOCC1)c1ccc(CN2CCCc3ccccc32)cc1. The van der Waals surface area contributed by atoms with Crippen LogP contribution in [0.25, 0.3) is 0 Å². The second-order valence-electron chi connectivity index (χ2n) is 7.56. The van der Waals surface area contributed by atoms with Crippen LogP contribution >= 0.6 is 0 Å². The van der Waals surface area contributed by atoms with E-state index in [9.17, 15) is 4.79 Å². The zero-order valence-electron chi connectivity index (χ0n) is 16.4. The van der Waals surface area contributed by atoms with Gasteiger partial charge in [0.05, 0.1) is 13.2 Å². The number of ether oxygens (including phenoxy) is 1. The second kappa shape index (κ2) is 9.22. The summed E-state index contributed by atoms with van der Waals surface area (Å²) in [4.78, 5) is 17.2. The van der Waals surface area contributed by atoms with Crippen LogP contribution in [-0.4, -0.2) is 56.7 Å². The van der Waals surface area contributed by atoms with Gasteiger partial charge in [-0.1, -0.05) is 30.3 Å². The molecule has 0 radical (unpaired) electrons. The highest BCUT2D eigenvalue weighted by molar-refractivity contribution is 5.94. The average Bonchev–Trinajstić information content (AvgIpc) is 2.75. The first-order valence-electron chi connectivity index (χ1n) is 10.3. The summed E-state index contributed by atoms with van der Waals surface area (Å²) in [5, 5.41) is 3.03. The van der Waals surface area contributed by atoms with Gasteiger partial charge in [-0.05, 0) is 42.2 Å². The number of fused-ring (bicyclic) bond motifs is 1. The van der Waals surface area contributed by atoms with E-state index in [0.29, 0.717) is 6.54 Å². The molecule has 0 spiro atoms. The minimum Gasteiger partial charge on any atom is -0.379 e. The van der Waals surface area contributed by atoms with Crippen LogP contribution < -0.4 is 10.2 Å². The summed E-state index contributed by atoms with van der Waals surface area (Å²) >= 11 is 0. The molecule has 1 amide bonds. The lowest BCUT2D eigenvalue weighted by atomic mass is 10.0. The third kappa shape index (κ3) is 4.72. The third-order valence-corrected chi connectivity index (χ3v) is 5.61. The van der Waals surface area contributed by atoms with Gasteiger partial charge >= 0.3 is 0 Å². The number of morpholine rings is 1.